The summed E-state index contributed by atoms with van der Waals surface area (Å²) < 4.78 is 5.43. The number of carbonyl (C=O) groups is 2. The summed E-state index contributed by atoms with van der Waals surface area (Å²) in [5.74, 6) is -3.26. The third-order valence-electron chi connectivity index (χ3n) is 3.65. The quantitative estimate of drug-likeness (QED) is 0.564. The Morgan fingerprint density at radius 3 is 2.40 bits per heavy atom. The van der Waals surface area contributed by atoms with E-state index in [-0.39, 0.29) is 11.4 Å². The second kappa shape index (κ2) is 4.64. The molecule has 1 saturated heterocycles. The Hall–Kier alpha value is -2.34. The summed E-state index contributed by atoms with van der Waals surface area (Å²) in [7, 11) is 0. The number of carbonyl (C=O) groups excluding carboxylic acids is 1. The maximum Gasteiger partial charge on any atom is 0.310 e. The number of ether oxygens (including phenoxy) is 1. The average molecular weight is 275 g/mol. The molecule has 0 aromatic heterocycles. The Labute approximate surface area is 114 Å². The number of rotatable bonds is 3. The van der Waals surface area contributed by atoms with Gasteiger partial charge in [-0.25, -0.2) is 0 Å². The van der Waals surface area contributed by atoms with Crippen LogP contribution in [0.4, 0.5) is 5.69 Å². The van der Waals surface area contributed by atoms with Crippen LogP contribution in [0.2, 0.25) is 0 Å². The number of amides is 1. The van der Waals surface area contributed by atoms with Gasteiger partial charge in [0, 0.05) is 0 Å². The lowest BCUT2D eigenvalue weighted by molar-refractivity contribution is -0.145. The number of carboxylic acids is 1. The van der Waals surface area contributed by atoms with Crippen LogP contribution in [0.5, 0.6) is 5.75 Å². The van der Waals surface area contributed by atoms with Crippen molar-refractivity contribution in [1.82, 2.24) is 0 Å². The molecule has 2 bridgehead atoms. The molecule has 1 aromatic carbocycles. The highest BCUT2D eigenvalue weighted by Gasteiger charge is 2.53. The summed E-state index contributed by atoms with van der Waals surface area (Å²) >= 11 is 0. The maximum absolute atomic E-state index is 12.3. The molecule has 1 fully saturated rings. The van der Waals surface area contributed by atoms with Crippen LogP contribution in [0.25, 0.3) is 0 Å². The monoisotopic (exact) mass is 275 g/mol. The summed E-state index contributed by atoms with van der Waals surface area (Å²) in [6.45, 7) is 0. The number of carboxylic acid groups (broad SMARTS) is 1. The van der Waals surface area contributed by atoms with Crippen molar-refractivity contribution < 1.29 is 24.5 Å². The van der Waals surface area contributed by atoms with Gasteiger partial charge in [-0.2, -0.15) is 0 Å². The van der Waals surface area contributed by atoms with E-state index in [0.717, 1.165) is 0 Å². The van der Waals surface area contributed by atoms with Gasteiger partial charge in [0.1, 0.15) is 11.7 Å². The number of nitrogens with one attached hydrogen (secondary N) is 1. The first kappa shape index (κ1) is 12.7. The fourth-order valence-electron chi connectivity index (χ4n) is 2.71. The van der Waals surface area contributed by atoms with Crippen LogP contribution in [0.15, 0.2) is 36.4 Å². The topological polar surface area (TPSA) is 95.9 Å². The molecule has 3 rings (SSSR count). The van der Waals surface area contributed by atoms with E-state index >= 15 is 0 Å². The van der Waals surface area contributed by atoms with E-state index in [0.29, 0.717) is 0 Å². The van der Waals surface area contributed by atoms with E-state index in [1.165, 1.54) is 6.07 Å². The Morgan fingerprint density at radius 1 is 1.10 bits per heavy atom. The summed E-state index contributed by atoms with van der Waals surface area (Å²) in [5, 5.41) is 21.4. The Kier molecular flexibility index (Phi) is 2.94. The van der Waals surface area contributed by atoms with E-state index in [2.05, 4.69) is 5.32 Å². The number of fused-ring (bicyclic) bond motifs is 2. The second-order valence-corrected chi connectivity index (χ2v) is 4.85. The molecule has 2 heterocycles. The molecule has 6 nitrogen and oxygen atoms in total. The highest BCUT2D eigenvalue weighted by Crippen LogP contribution is 2.40. The molecule has 0 aliphatic carbocycles. The number of anilines is 1. The minimum absolute atomic E-state index is 0.0626. The number of aromatic hydroxyl groups is 1. The van der Waals surface area contributed by atoms with E-state index < -0.39 is 35.9 Å². The number of phenolic OH excluding ortho intramolecular Hbond substituents is 1. The molecule has 20 heavy (non-hydrogen) atoms. The molecule has 3 N–H and O–H groups in total. The fourth-order valence-corrected chi connectivity index (χ4v) is 2.71. The molecular formula is C14H13NO5. The highest BCUT2D eigenvalue weighted by molar-refractivity contribution is 5.97. The molecule has 0 unspecified atom stereocenters. The molecule has 1 amide bonds. The molecule has 0 radical (unpaired) electrons. The molecule has 2 aliphatic rings. The Balaban J connectivity index is 1.82. The second-order valence-electron chi connectivity index (χ2n) is 4.85. The van der Waals surface area contributed by atoms with Crippen molar-refractivity contribution in [3.63, 3.8) is 0 Å². The summed E-state index contributed by atoms with van der Waals surface area (Å²) in [4.78, 5) is 23.6. The maximum atomic E-state index is 12.3. The molecular weight excluding hydrogens is 262 g/mol. The number of para-hydroxylation sites is 2. The van der Waals surface area contributed by atoms with Gasteiger partial charge in [-0.1, -0.05) is 24.3 Å². The van der Waals surface area contributed by atoms with E-state index in [1.54, 1.807) is 30.4 Å². The lowest BCUT2D eigenvalue weighted by Gasteiger charge is -2.21. The van der Waals surface area contributed by atoms with Gasteiger partial charge >= 0.3 is 5.97 Å². The summed E-state index contributed by atoms with van der Waals surface area (Å²) in [6, 6.07) is 6.30. The van der Waals surface area contributed by atoms with Crippen LogP contribution in [0, 0.1) is 11.8 Å². The molecule has 0 spiro atoms. The number of benzene rings is 1. The van der Waals surface area contributed by atoms with Gasteiger partial charge in [0.2, 0.25) is 5.91 Å². The van der Waals surface area contributed by atoms with Gasteiger partial charge in [-0.3, -0.25) is 9.59 Å². The zero-order valence-corrected chi connectivity index (χ0v) is 10.4. The number of aliphatic carboxylic acids is 1. The van der Waals surface area contributed by atoms with Crippen LogP contribution >= 0.6 is 0 Å². The highest BCUT2D eigenvalue weighted by atomic mass is 16.5. The predicted molar refractivity (Wildman–Crippen MR) is 69.2 cm³/mol. The van der Waals surface area contributed by atoms with E-state index in [9.17, 15) is 19.8 Å². The standard InChI is InChI=1S/C14H13NO5/c16-8-4-2-1-3-7(8)15-13(17)11-9-5-6-10(20-9)12(11)14(18)19/h1-6,9-12,16H,(H,15,17)(H,18,19)/t9-,10+,11-,12-/m0/s1. The smallest absolute Gasteiger partial charge is 0.310 e. The van der Waals surface area contributed by atoms with Crippen molar-refractivity contribution in [2.75, 3.05) is 5.32 Å². The molecule has 4 atom stereocenters. The fraction of sp³-hybridized carbons (Fsp3) is 0.286. The van der Waals surface area contributed by atoms with Crippen molar-refractivity contribution in [2.24, 2.45) is 11.8 Å². The van der Waals surface area contributed by atoms with Crippen LogP contribution < -0.4 is 5.32 Å². The third-order valence-corrected chi connectivity index (χ3v) is 3.65. The van der Waals surface area contributed by atoms with Gasteiger partial charge in [-0.15, -0.1) is 0 Å². The number of hydrogen-bond donors (Lipinski definition) is 3. The van der Waals surface area contributed by atoms with Crippen LogP contribution in [-0.4, -0.2) is 34.3 Å². The van der Waals surface area contributed by atoms with Crippen molar-refractivity contribution >= 4 is 17.6 Å². The van der Waals surface area contributed by atoms with Crippen molar-refractivity contribution in [2.45, 2.75) is 12.2 Å². The van der Waals surface area contributed by atoms with Crippen molar-refractivity contribution in [3.8, 4) is 5.75 Å². The lowest BCUT2D eigenvalue weighted by Crippen LogP contribution is -2.39. The van der Waals surface area contributed by atoms with Crippen molar-refractivity contribution in [1.29, 1.82) is 0 Å². The minimum atomic E-state index is -1.06. The number of hydrogen-bond acceptors (Lipinski definition) is 4. The molecule has 2 aliphatic heterocycles. The molecule has 6 heteroatoms. The van der Waals surface area contributed by atoms with Crippen molar-refractivity contribution in [3.05, 3.63) is 36.4 Å². The lowest BCUT2D eigenvalue weighted by atomic mass is 9.82. The Morgan fingerprint density at radius 2 is 1.75 bits per heavy atom. The van der Waals surface area contributed by atoms with Gasteiger partial charge in [0.05, 0.1) is 23.8 Å². The zero-order valence-electron chi connectivity index (χ0n) is 10.4. The van der Waals surface area contributed by atoms with Crippen LogP contribution in [-0.2, 0) is 14.3 Å². The first-order valence-electron chi connectivity index (χ1n) is 6.23. The van der Waals surface area contributed by atoms with E-state index in [4.69, 9.17) is 4.74 Å². The van der Waals surface area contributed by atoms with Crippen LogP contribution in [0.3, 0.4) is 0 Å². The Bertz CT molecular complexity index is 597. The SMILES string of the molecule is O=C(Nc1ccccc1O)[C@@H]1[C@@H](C(=O)O)[C@H]2C=C[C@@H]1O2. The van der Waals surface area contributed by atoms with Crippen LogP contribution in [0.1, 0.15) is 0 Å². The predicted octanol–water partition coefficient (Wildman–Crippen LogP) is 0.985. The molecule has 104 valence electrons. The number of phenols is 1. The first-order valence-corrected chi connectivity index (χ1v) is 6.23. The van der Waals surface area contributed by atoms with Gasteiger partial charge < -0.3 is 20.3 Å². The van der Waals surface area contributed by atoms with Gasteiger partial charge in [-0.05, 0) is 12.1 Å². The largest absolute Gasteiger partial charge is 0.506 e. The normalized spacial score (nSPS) is 30.4. The van der Waals surface area contributed by atoms with Gasteiger partial charge in [0.25, 0.3) is 0 Å². The molecule has 0 saturated carbocycles. The van der Waals surface area contributed by atoms with Gasteiger partial charge in [0.15, 0.2) is 0 Å². The average Bonchev–Trinajstić information content (AvgIpc) is 3.01. The molecule has 1 aromatic rings. The van der Waals surface area contributed by atoms with E-state index in [1.807, 2.05) is 0 Å². The third kappa shape index (κ3) is 1.94. The first-order chi connectivity index (χ1) is 9.58. The minimum Gasteiger partial charge on any atom is -0.506 e. The summed E-state index contributed by atoms with van der Waals surface area (Å²) in [6.07, 6.45) is 2.30. The summed E-state index contributed by atoms with van der Waals surface area (Å²) in [5.41, 5.74) is 0.258. The zero-order chi connectivity index (χ0) is 14.3.